The molecule has 2 N–H and O–H groups in total. The molecule has 32 heavy (non-hydrogen) atoms. The number of amides is 2. The fourth-order valence-electron chi connectivity index (χ4n) is 4.33. The van der Waals surface area contributed by atoms with Crippen molar-refractivity contribution in [2.24, 2.45) is 5.92 Å². The van der Waals surface area contributed by atoms with Gasteiger partial charge in [-0.2, -0.15) is 0 Å². The maximum absolute atomic E-state index is 13.7. The van der Waals surface area contributed by atoms with E-state index in [0.717, 1.165) is 31.7 Å². The Hall–Kier alpha value is -3.20. The molecule has 1 unspecified atom stereocenters. The van der Waals surface area contributed by atoms with E-state index in [1.807, 2.05) is 20.8 Å². The minimum atomic E-state index is -0.392. The zero-order valence-electron chi connectivity index (χ0n) is 18.3. The highest BCUT2D eigenvalue weighted by atomic mass is 19.1. The summed E-state index contributed by atoms with van der Waals surface area (Å²) in [6.45, 7) is 8.28. The number of hydrogen-bond donors (Lipinski definition) is 2. The standard InChI is InChI=1S/C23H26FN5O3/c1-13(2)19(20-14(3)17-8-15(24)4-5-18(17)32-20)28-22(30)27-16-9-25-21(26-10-16)29-11-23(12-29)6-7-31-23/h4-5,8-10,13,19H,6-7,11-12H2,1-3H3,(H2,27,28,30). The highest BCUT2D eigenvalue weighted by Gasteiger charge is 2.50. The molecule has 2 fully saturated rings. The molecule has 0 aliphatic carbocycles. The summed E-state index contributed by atoms with van der Waals surface area (Å²) in [5, 5.41) is 6.45. The molecule has 0 saturated carbocycles. The minimum absolute atomic E-state index is 0.00653. The topological polar surface area (TPSA) is 92.5 Å². The summed E-state index contributed by atoms with van der Waals surface area (Å²) in [6, 6.07) is 3.64. The van der Waals surface area contributed by atoms with Crippen molar-refractivity contribution in [3.8, 4) is 0 Å². The summed E-state index contributed by atoms with van der Waals surface area (Å²) in [5.41, 5.74) is 1.91. The molecule has 1 atom stereocenters. The number of nitrogens with one attached hydrogen (secondary N) is 2. The first-order valence-corrected chi connectivity index (χ1v) is 10.8. The lowest BCUT2D eigenvalue weighted by Crippen LogP contribution is -2.68. The van der Waals surface area contributed by atoms with E-state index in [1.165, 1.54) is 12.1 Å². The van der Waals surface area contributed by atoms with Gasteiger partial charge in [0, 0.05) is 17.4 Å². The Kier molecular flexibility index (Phi) is 5.00. The number of carbonyl (C=O) groups excluding carboxylic acids is 1. The summed E-state index contributed by atoms with van der Waals surface area (Å²) in [4.78, 5) is 23.5. The van der Waals surface area contributed by atoms with Crippen LogP contribution in [0, 0.1) is 18.7 Å². The number of hydrogen-bond acceptors (Lipinski definition) is 6. The average molecular weight is 439 g/mol. The van der Waals surface area contributed by atoms with Gasteiger partial charge in [-0.25, -0.2) is 19.2 Å². The van der Waals surface area contributed by atoms with Crippen LogP contribution in [0.25, 0.3) is 11.0 Å². The molecule has 9 heteroatoms. The fraction of sp³-hybridized carbons (Fsp3) is 0.435. The molecule has 1 aromatic carbocycles. The number of fused-ring (bicyclic) bond motifs is 1. The van der Waals surface area contributed by atoms with Crippen LogP contribution in [0.4, 0.5) is 20.8 Å². The first kappa shape index (κ1) is 20.7. The van der Waals surface area contributed by atoms with Crippen molar-refractivity contribution in [3.05, 3.63) is 47.7 Å². The van der Waals surface area contributed by atoms with Crippen LogP contribution in [0.2, 0.25) is 0 Å². The van der Waals surface area contributed by atoms with E-state index in [2.05, 4.69) is 25.5 Å². The largest absolute Gasteiger partial charge is 0.459 e. The van der Waals surface area contributed by atoms with Crippen molar-refractivity contribution in [1.29, 1.82) is 0 Å². The van der Waals surface area contributed by atoms with Crippen molar-refractivity contribution in [1.82, 2.24) is 15.3 Å². The van der Waals surface area contributed by atoms with Crippen LogP contribution < -0.4 is 15.5 Å². The SMILES string of the molecule is Cc1c(C(NC(=O)Nc2cnc(N3CC4(CCO4)C3)nc2)C(C)C)oc2ccc(F)cc12. The van der Waals surface area contributed by atoms with Crippen LogP contribution in [0.1, 0.15) is 37.6 Å². The van der Waals surface area contributed by atoms with Crippen LogP contribution in [-0.2, 0) is 4.74 Å². The Morgan fingerprint density at radius 1 is 1.25 bits per heavy atom. The summed E-state index contributed by atoms with van der Waals surface area (Å²) < 4.78 is 25.2. The van der Waals surface area contributed by atoms with Gasteiger partial charge in [-0.1, -0.05) is 13.8 Å². The molecular weight excluding hydrogens is 413 g/mol. The molecule has 5 rings (SSSR count). The number of rotatable bonds is 5. The molecule has 168 valence electrons. The molecule has 1 spiro atoms. The maximum Gasteiger partial charge on any atom is 0.319 e. The number of furan rings is 1. The summed E-state index contributed by atoms with van der Waals surface area (Å²) >= 11 is 0. The molecule has 2 amide bonds. The predicted octanol–water partition coefficient (Wildman–Crippen LogP) is 4.17. The lowest BCUT2D eigenvalue weighted by atomic mass is 9.87. The van der Waals surface area contributed by atoms with E-state index in [0.29, 0.717) is 28.4 Å². The first-order valence-electron chi connectivity index (χ1n) is 10.8. The number of aryl methyl sites for hydroxylation is 1. The third-order valence-corrected chi connectivity index (χ3v) is 6.27. The van der Waals surface area contributed by atoms with Gasteiger partial charge in [0.15, 0.2) is 0 Å². The number of aromatic nitrogens is 2. The lowest BCUT2D eigenvalue weighted by molar-refractivity contribution is -0.161. The average Bonchev–Trinajstić information content (AvgIpc) is 3.01. The van der Waals surface area contributed by atoms with Crippen molar-refractivity contribution in [2.75, 3.05) is 29.9 Å². The third kappa shape index (κ3) is 3.66. The number of halogens is 1. The van der Waals surface area contributed by atoms with Crippen LogP contribution in [0.15, 0.2) is 35.0 Å². The van der Waals surface area contributed by atoms with Crippen LogP contribution in [0.5, 0.6) is 0 Å². The van der Waals surface area contributed by atoms with Crippen molar-refractivity contribution in [2.45, 2.75) is 38.8 Å². The second kappa shape index (κ2) is 7.74. The van der Waals surface area contributed by atoms with E-state index < -0.39 is 6.03 Å². The Labute approximate surface area is 185 Å². The Balaban J connectivity index is 1.25. The molecule has 2 aliphatic heterocycles. The second-order valence-electron chi connectivity index (χ2n) is 8.96. The zero-order valence-corrected chi connectivity index (χ0v) is 18.3. The van der Waals surface area contributed by atoms with Gasteiger partial charge >= 0.3 is 6.03 Å². The van der Waals surface area contributed by atoms with Gasteiger partial charge in [0.25, 0.3) is 0 Å². The zero-order chi connectivity index (χ0) is 22.5. The maximum atomic E-state index is 13.7. The van der Waals surface area contributed by atoms with E-state index in [-0.39, 0.29) is 23.4 Å². The summed E-state index contributed by atoms with van der Waals surface area (Å²) in [6.07, 6.45) is 4.27. The predicted molar refractivity (Wildman–Crippen MR) is 118 cm³/mol. The molecule has 3 aromatic rings. The van der Waals surface area contributed by atoms with Crippen molar-refractivity contribution < 1.29 is 18.3 Å². The molecular formula is C23H26FN5O3. The van der Waals surface area contributed by atoms with Gasteiger partial charge in [-0.15, -0.1) is 0 Å². The molecule has 2 saturated heterocycles. The normalized spacial score (nSPS) is 17.8. The minimum Gasteiger partial charge on any atom is -0.459 e. The molecule has 4 heterocycles. The van der Waals surface area contributed by atoms with Gasteiger partial charge in [0.1, 0.15) is 22.8 Å². The van der Waals surface area contributed by atoms with Gasteiger partial charge in [-0.3, -0.25) is 0 Å². The molecule has 0 radical (unpaired) electrons. The monoisotopic (exact) mass is 439 g/mol. The lowest BCUT2D eigenvalue weighted by Gasteiger charge is -2.54. The van der Waals surface area contributed by atoms with Gasteiger partial charge in [0.05, 0.1) is 43.8 Å². The first-order chi connectivity index (χ1) is 15.3. The molecule has 8 nitrogen and oxygen atoms in total. The Morgan fingerprint density at radius 3 is 2.59 bits per heavy atom. The summed E-state index contributed by atoms with van der Waals surface area (Å²) in [7, 11) is 0. The van der Waals surface area contributed by atoms with Crippen LogP contribution in [-0.4, -0.2) is 41.3 Å². The van der Waals surface area contributed by atoms with Crippen LogP contribution >= 0.6 is 0 Å². The van der Waals surface area contributed by atoms with E-state index in [1.54, 1.807) is 18.5 Å². The number of ether oxygens (including phenoxy) is 1. The van der Waals surface area contributed by atoms with E-state index >= 15 is 0 Å². The van der Waals surface area contributed by atoms with E-state index in [4.69, 9.17) is 9.15 Å². The number of carbonyl (C=O) groups is 1. The Morgan fingerprint density at radius 2 is 1.97 bits per heavy atom. The number of anilines is 2. The third-order valence-electron chi connectivity index (χ3n) is 6.27. The molecule has 0 bridgehead atoms. The number of benzene rings is 1. The second-order valence-corrected chi connectivity index (χ2v) is 8.96. The molecule has 2 aliphatic rings. The summed E-state index contributed by atoms with van der Waals surface area (Å²) in [5.74, 6) is 0.974. The number of nitrogens with zero attached hydrogens (tertiary/aromatic N) is 3. The highest BCUT2D eigenvalue weighted by molar-refractivity contribution is 5.89. The van der Waals surface area contributed by atoms with Crippen molar-refractivity contribution in [3.63, 3.8) is 0 Å². The smallest absolute Gasteiger partial charge is 0.319 e. The van der Waals surface area contributed by atoms with Gasteiger partial charge < -0.3 is 24.7 Å². The molecule has 2 aromatic heterocycles. The highest BCUT2D eigenvalue weighted by Crippen LogP contribution is 2.37. The van der Waals surface area contributed by atoms with Gasteiger partial charge in [-0.05, 0) is 31.0 Å². The number of urea groups is 1. The Bertz CT molecular complexity index is 1150. The van der Waals surface area contributed by atoms with Crippen molar-refractivity contribution >= 4 is 28.6 Å². The van der Waals surface area contributed by atoms with Gasteiger partial charge in [0.2, 0.25) is 5.95 Å². The fourth-order valence-corrected chi connectivity index (χ4v) is 4.33. The quantitative estimate of drug-likeness (QED) is 0.620. The van der Waals surface area contributed by atoms with Crippen LogP contribution in [0.3, 0.4) is 0 Å². The van der Waals surface area contributed by atoms with E-state index in [9.17, 15) is 9.18 Å².